The predicted molar refractivity (Wildman–Crippen MR) is 56.0 cm³/mol. The predicted octanol–water partition coefficient (Wildman–Crippen LogP) is 2.53. The highest BCUT2D eigenvalue weighted by Crippen LogP contribution is 2.03. The first-order valence-electron chi connectivity index (χ1n) is 4.80. The zero-order valence-electron chi connectivity index (χ0n) is 8.12. The zero-order valence-corrected chi connectivity index (χ0v) is 8.12. The van der Waals surface area contributed by atoms with Crippen LogP contribution in [0.15, 0.2) is 30.3 Å². The van der Waals surface area contributed by atoms with E-state index in [1.54, 1.807) is 0 Å². The van der Waals surface area contributed by atoms with Gasteiger partial charge in [-0.05, 0) is 18.6 Å². The minimum absolute atomic E-state index is 0.780. The summed E-state index contributed by atoms with van der Waals surface area (Å²) in [7, 11) is 0. The van der Waals surface area contributed by atoms with Gasteiger partial charge in [-0.3, -0.25) is 0 Å². The molecule has 72 valence electrons. The van der Waals surface area contributed by atoms with Crippen LogP contribution in [0.3, 0.4) is 0 Å². The average Bonchev–Trinajstić information content (AvgIpc) is 2.19. The molecule has 0 fully saturated rings. The summed E-state index contributed by atoms with van der Waals surface area (Å²) in [4.78, 5) is 0. The molecule has 0 spiro atoms. The van der Waals surface area contributed by atoms with Crippen LogP contribution in [0, 0.1) is 0 Å². The number of nitrogens with one attached hydrogen (secondary N) is 1. The Labute approximate surface area is 79.9 Å². The quantitative estimate of drug-likeness (QED) is 0.677. The van der Waals surface area contributed by atoms with Crippen molar-refractivity contribution in [3.05, 3.63) is 30.3 Å². The Hall–Kier alpha value is -1.02. The molecule has 0 aromatic heterocycles. The SMILES string of the molecule is CCCOCCNc1ccccc1. The van der Waals surface area contributed by atoms with Crippen LogP contribution in [0.2, 0.25) is 0 Å². The lowest BCUT2D eigenvalue weighted by Gasteiger charge is -2.05. The van der Waals surface area contributed by atoms with Crippen LogP contribution < -0.4 is 5.32 Å². The Morgan fingerprint density at radius 2 is 1.92 bits per heavy atom. The van der Waals surface area contributed by atoms with Crippen molar-refractivity contribution < 1.29 is 4.74 Å². The molecule has 2 nitrogen and oxygen atoms in total. The molecular weight excluding hydrogens is 162 g/mol. The van der Waals surface area contributed by atoms with Crippen LogP contribution in [0.4, 0.5) is 5.69 Å². The molecule has 0 aliphatic rings. The van der Waals surface area contributed by atoms with Crippen LogP contribution in [-0.4, -0.2) is 19.8 Å². The van der Waals surface area contributed by atoms with Gasteiger partial charge in [0.25, 0.3) is 0 Å². The summed E-state index contributed by atoms with van der Waals surface area (Å²) in [6.07, 6.45) is 1.09. The summed E-state index contributed by atoms with van der Waals surface area (Å²) >= 11 is 0. The van der Waals surface area contributed by atoms with Gasteiger partial charge in [0, 0.05) is 18.8 Å². The van der Waals surface area contributed by atoms with E-state index in [1.807, 2.05) is 18.2 Å². The van der Waals surface area contributed by atoms with Gasteiger partial charge in [0.05, 0.1) is 6.61 Å². The molecule has 0 radical (unpaired) electrons. The van der Waals surface area contributed by atoms with Crippen molar-refractivity contribution in [2.24, 2.45) is 0 Å². The molecule has 13 heavy (non-hydrogen) atoms. The third-order valence-corrected chi connectivity index (χ3v) is 1.70. The molecule has 0 amide bonds. The molecule has 0 aliphatic heterocycles. The summed E-state index contributed by atoms with van der Waals surface area (Å²) < 4.78 is 5.34. The van der Waals surface area contributed by atoms with Gasteiger partial charge >= 0.3 is 0 Å². The highest BCUT2D eigenvalue weighted by Gasteiger charge is 1.88. The molecule has 0 aliphatic carbocycles. The maximum absolute atomic E-state index is 5.34. The summed E-state index contributed by atoms with van der Waals surface area (Å²) in [6.45, 7) is 4.63. The molecule has 0 unspecified atom stereocenters. The number of hydrogen-bond donors (Lipinski definition) is 1. The first-order valence-corrected chi connectivity index (χ1v) is 4.80. The van der Waals surface area contributed by atoms with Gasteiger partial charge in [0.2, 0.25) is 0 Å². The van der Waals surface area contributed by atoms with E-state index in [-0.39, 0.29) is 0 Å². The van der Waals surface area contributed by atoms with Crippen molar-refractivity contribution in [2.45, 2.75) is 13.3 Å². The van der Waals surface area contributed by atoms with Crippen LogP contribution >= 0.6 is 0 Å². The highest BCUT2D eigenvalue weighted by atomic mass is 16.5. The molecule has 1 N–H and O–H groups in total. The normalized spacial score (nSPS) is 9.92. The van der Waals surface area contributed by atoms with E-state index in [0.29, 0.717) is 0 Å². The van der Waals surface area contributed by atoms with Gasteiger partial charge in [0.15, 0.2) is 0 Å². The third kappa shape index (κ3) is 4.53. The Bertz CT molecular complexity index is 211. The third-order valence-electron chi connectivity index (χ3n) is 1.70. The monoisotopic (exact) mass is 179 g/mol. The summed E-state index contributed by atoms with van der Waals surface area (Å²) in [6, 6.07) is 10.2. The van der Waals surface area contributed by atoms with Crippen molar-refractivity contribution in [3.8, 4) is 0 Å². The fourth-order valence-electron chi connectivity index (χ4n) is 1.07. The minimum atomic E-state index is 0.780. The Morgan fingerprint density at radius 3 is 2.62 bits per heavy atom. The second kappa shape index (κ2) is 6.49. The van der Waals surface area contributed by atoms with Gasteiger partial charge in [-0.1, -0.05) is 25.1 Å². The van der Waals surface area contributed by atoms with Crippen molar-refractivity contribution in [2.75, 3.05) is 25.1 Å². The molecule has 0 bridgehead atoms. The minimum Gasteiger partial charge on any atom is -0.383 e. The Kier molecular flexibility index (Phi) is 5.02. The van der Waals surface area contributed by atoms with Crippen LogP contribution in [0.1, 0.15) is 13.3 Å². The number of para-hydroxylation sites is 1. The number of rotatable bonds is 6. The van der Waals surface area contributed by atoms with E-state index in [9.17, 15) is 0 Å². The van der Waals surface area contributed by atoms with Crippen molar-refractivity contribution in [3.63, 3.8) is 0 Å². The average molecular weight is 179 g/mol. The second-order valence-corrected chi connectivity index (χ2v) is 2.91. The van der Waals surface area contributed by atoms with Gasteiger partial charge in [0.1, 0.15) is 0 Å². The number of anilines is 1. The largest absolute Gasteiger partial charge is 0.383 e. The maximum Gasteiger partial charge on any atom is 0.0639 e. The molecule has 0 heterocycles. The lowest BCUT2D eigenvalue weighted by atomic mass is 10.3. The smallest absolute Gasteiger partial charge is 0.0639 e. The Balaban J connectivity index is 2.07. The number of ether oxygens (including phenoxy) is 1. The van der Waals surface area contributed by atoms with Crippen LogP contribution in [0.5, 0.6) is 0 Å². The van der Waals surface area contributed by atoms with Gasteiger partial charge in [-0.2, -0.15) is 0 Å². The molecule has 1 aromatic carbocycles. The fourth-order valence-corrected chi connectivity index (χ4v) is 1.07. The van der Waals surface area contributed by atoms with Crippen LogP contribution in [0.25, 0.3) is 0 Å². The molecule has 0 atom stereocenters. The summed E-state index contributed by atoms with van der Waals surface area (Å²) in [5.41, 5.74) is 1.16. The first-order chi connectivity index (χ1) is 6.43. The molecule has 0 saturated carbocycles. The molecule has 1 aromatic rings. The van der Waals surface area contributed by atoms with Gasteiger partial charge in [-0.25, -0.2) is 0 Å². The second-order valence-electron chi connectivity index (χ2n) is 2.91. The molecule has 2 heteroatoms. The van der Waals surface area contributed by atoms with E-state index in [0.717, 1.165) is 31.9 Å². The molecule has 0 saturated heterocycles. The van der Waals surface area contributed by atoms with Crippen molar-refractivity contribution in [1.82, 2.24) is 0 Å². The number of benzene rings is 1. The summed E-state index contributed by atoms with van der Waals surface area (Å²) in [5, 5.41) is 3.28. The van der Waals surface area contributed by atoms with Gasteiger partial charge < -0.3 is 10.1 Å². The van der Waals surface area contributed by atoms with Crippen molar-refractivity contribution in [1.29, 1.82) is 0 Å². The van der Waals surface area contributed by atoms with E-state index >= 15 is 0 Å². The van der Waals surface area contributed by atoms with E-state index in [4.69, 9.17) is 4.74 Å². The van der Waals surface area contributed by atoms with Gasteiger partial charge in [-0.15, -0.1) is 0 Å². The number of hydrogen-bond acceptors (Lipinski definition) is 2. The topological polar surface area (TPSA) is 21.3 Å². The standard InChI is InChI=1S/C11H17NO/c1-2-9-13-10-8-12-11-6-4-3-5-7-11/h3-7,12H,2,8-10H2,1H3. The molecular formula is C11H17NO. The van der Waals surface area contributed by atoms with E-state index < -0.39 is 0 Å². The van der Waals surface area contributed by atoms with Crippen LogP contribution in [-0.2, 0) is 4.74 Å². The van der Waals surface area contributed by atoms with Crippen molar-refractivity contribution >= 4 is 5.69 Å². The lowest BCUT2D eigenvalue weighted by Crippen LogP contribution is -2.09. The zero-order chi connectivity index (χ0) is 9.36. The Morgan fingerprint density at radius 1 is 1.15 bits per heavy atom. The fraction of sp³-hybridized carbons (Fsp3) is 0.455. The first kappa shape index (κ1) is 10.1. The molecule has 1 rings (SSSR count). The lowest BCUT2D eigenvalue weighted by molar-refractivity contribution is 0.144. The maximum atomic E-state index is 5.34. The van der Waals surface area contributed by atoms with E-state index in [2.05, 4.69) is 24.4 Å². The highest BCUT2D eigenvalue weighted by molar-refractivity contribution is 5.42. The van der Waals surface area contributed by atoms with E-state index in [1.165, 1.54) is 0 Å². The summed E-state index contributed by atoms with van der Waals surface area (Å²) in [5.74, 6) is 0.